The average Bonchev–Trinajstić information content (AvgIpc) is 3.56. The summed E-state index contributed by atoms with van der Waals surface area (Å²) in [6.45, 7) is 3.65. The van der Waals surface area contributed by atoms with Gasteiger partial charge in [-0.25, -0.2) is 9.50 Å². The van der Waals surface area contributed by atoms with Gasteiger partial charge in [0, 0.05) is 41.1 Å². The van der Waals surface area contributed by atoms with Crippen molar-refractivity contribution in [3.63, 3.8) is 0 Å². The van der Waals surface area contributed by atoms with Gasteiger partial charge in [0.2, 0.25) is 0 Å². The molecule has 4 heterocycles. The van der Waals surface area contributed by atoms with Crippen molar-refractivity contribution in [2.45, 2.75) is 26.5 Å². The summed E-state index contributed by atoms with van der Waals surface area (Å²) in [7, 11) is -4.01. The zero-order valence-corrected chi connectivity index (χ0v) is 23.4. The van der Waals surface area contributed by atoms with Crippen LogP contribution >= 0.6 is 0 Å². The molecule has 0 spiro atoms. The Kier molecular flexibility index (Phi) is 6.64. The largest absolute Gasteiger partial charge is 0.488 e. The van der Waals surface area contributed by atoms with Gasteiger partial charge in [0.1, 0.15) is 17.9 Å². The highest BCUT2D eigenvalue weighted by Crippen LogP contribution is 2.39. The molecule has 1 unspecified atom stereocenters. The molecule has 2 aromatic carbocycles. The topological polar surface area (TPSA) is 149 Å². The first-order chi connectivity index (χ1) is 20.2. The molecule has 0 radical (unpaired) electrons. The summed E-state index contributed by atoms with van der Waals surface area (Å²) in [5.74, 6) is 2.28. The summed E-state index contributed by atoms with van der Waals surface area (Å²) < 4.78 is 38.4. The number of pyridine rings is 1. The van der Waals surface area contributed by atoms with Crippen molar-refractivity contribution < 1.29 is 17.9 Å². The molecular weight excluding hydrogens is 558 g/mol. The number of carbonyl (C=O) groups excluding carboxylic acids is 1. The van der Waals surface area contributed by atoms with E-state index in [1.807, 2.05) is 6.07 Å². The lowest BCUT2D eigenvalue weighted by molar-refractivity contribution is 0.0940. The fraction of sp³-hybridized carbons (Fsp3) is 0.172. The first-order valence-electron chi connectivity index (χ1n) is 13.0. The number of rotatable bonds is 8. The van der Waals surface area contributed by atoms with Crippen LogP contribution in [0.1, 0.15) is 47.1 Å². The molecule has 0 saturated heterocycles. The fourth-order valence-electron chi connectivity index (χ4n) is 5.27. The van der Waals surface area contributed by atoms with Gasteiger partial charge in [0.05, 0.1) is 17.1 Å². The number of nitrogens with zero attached hydrogens (tertiary/aromatic N) is 4. The predicted octanol–water partition coefficient (Wildman–Crippen LogP) is 2.66. The van der Waals surface area contributed by atoms with E-state index in [1.165, 1.54) is 15.3 Å². The number of ether oxygens (including phenoxy) is 1. The van der Waals surface area contributed by atoms with Gasteiger partial charge in [-0.15, -0.1) is 11.5 Å². The molecule has 12 nitrogen and oxygen atoms in total. The molecule has 0 aliphatic carbocycles. The molecule has 1 aliphatic rings. The van der Waals surface area contributed by atoms with Crippen molar-refractivity contribution in [3.05, 3.63) is 93.7 Å². The lowest BCUT2D eigenvalue weighted by Crippen LogP contribution is -2.34. The molecule has 3 aromatic heterocycles. The monoisotopic (exact) mass is 583 g/mol. The Morgan fingerprint density at radius 2 is 1.95 bits per heavy atom. The van der Waals surface area contributed by atoms with E-state index in [9.17, 15) is 18.0 Å². The minimum absolute atomic E-state index is 0.0821. The molecule has 0 fully saturated rings. The first kappa shape index (κ1) is 27.0. The normalized spacial score (nSPS) is 13.1. The van der Waals surface area contributed by atoms with E-state index in [0.717, 1.165) is 0 Å². The molecule has 1 atom stereocenters. The lowest BCUT2D eigenvalue weighted by atomic mass is 9.97. The fourth-order valence-corrected chi connectivity index (χ4v) is 6.12. The number of benzene rings is 2. The second kappa shape index (κ2) is 10.3. The van der Waals surface area contributed by atoms with Crippen LogP contribution in [0, 0.1) is 12.3 Å². The number of para-hydroxylation sites is 1. The maximum absolute atomic E-state index is 14.1. The predicted molar refractivity (Wildman–Crippen MR) is 157 cm³/mol. The van der Waals surface area contributed by atoms with E-state index in [1.54, 1.807) is 62.5 Å². The van der Waals surface area contributed by atoms with Gasteiger partial charge in [-0.05, 0) is 37.3 Å². The summed E-state index contributed by atoms with van der Waals surface area (Å²) in [6.07, 6.45) is 8.79. The van der Waals surface area contributed by atoms with Crippen molar-refractivity contribution in [2.75, 3.05) is 11.3 Å². The highest BCUT2D eigenvalue weighted by atomic mass is 32.2. The molecule has 0 bridgehead atoms. The van der Waals surface area contributed by atoms with E-state index < -0.39 is 22.2 Å². The van der Waals surface area contributed by atoms with E-state index in [0.29, 0.717) is 39.0 Å². The van der Waals surface area contributed by atoms with Crippen LogP contribution in [0.4, 0.5) is 5.82 Å². The van der Waals surface area contributed by atoms with Crippen molar-refractivity contribution in [1.29, 1.82) is 0 Å². The van der Waals surface area contributed by atoms with E-state index >= 15 is 0 Å². The second-order valence-corrected chi connectivity index (χ2v) is 11.0. The van der Waals surface area contributed by atoms with Crippen LogP contribution in [-0.4, -0.2) is 40.0 Å². The number of carbonyl (C=O) groups is 1. The molecule has 42 heavy (non-hydrogen) atoms. The summed E-state index contributed by atoms with van der Waals surface area (Å²) in [4.78, 5) is 32.2. The van der Waals surface area contributed by atoms with E-state index in [4.69, 9.17) is 11.2 Å². The molecule has 212 valence electrons. The Labute approximate surface area is 240 Å². The zero-order valence-electron chi connectivity index (χ0n) is 22.6. The minimum Gasteiger partial charge on any atom is -0.488 e. The van der Waals surface area contributed by atoms with Crippen LogP contribution in [-0.2, 0) is 16.8 Å². The summed E-state index contributed by atoms with van der Waals surface area (Å²) in [6, 6.07) is 13.3. The third-order valence-corrected chi connectivity index (χ3v) is 8.05. The Morgan fingerprint density at radius 1 is 1.17 bits per heavy atom. The second-order valence-electron chi connectivity index (χ2n) is 9.54. The van der Waals surface area contributed by atoms with Crippen LogP contribution < -0.4 is 25.1 Å². The smallest absolute Gasteiger partial charge is 0.300 e. The zero-order chi connectivity index (χ0) is 29.6. The maximum atomic E-state index is 14.1. The summed E-state index contributed by atoms with van der Waals surface area (Å²) in [5, 5.41) is 8.13. The number of amides is 1. The summed E-state index contributed by atoms with van der Waals surface area (Å²) in [5.41, 5.74) is 1.93. The van der Waals surface area contributed by atoms with Gasteiger partial charge < -0.3 is 10.1 Å². The molecule has 6 rings (SSSR count). The van der Waals surface area contributed by atoms with Crippen LogP contribution in [0.2, 0.25) is 0 Å². The van der Waals surface area contributed by atoms with Gasteiger partial charge in [0.15, 0.2) is 11.5 Å². The molecular formula is C29H25N7O5S. The average molecular weight is 584 g/mol. The van der Waals surface area contributed by atoms with E-state index in [-0.39, 0.29) is 35.7 Å². The number of anilines is 1. The third kappa shape index (κ3) is 4.43. The van der Waals surface area contributed by atoms with Gasteiger partial charge in [-0.3, -0.25) is 18.9 Å². The first-order valence-corrected chi connectivity index (χ1v) is 14.5. The van der Waals surface area contributed by atoms with Gasteiger partial charge in [-0.2, -0.15) is 13.1 Å². The van der Waals surface area contributed by atoms with Crippen molar-refractivity contribution >= 4 is 38.4 Å². The van der Waals surface area contributed by atoms with Crippen molar-refractivity contribution in [1.82, 2.24) is 29.2 Å². The minimum atomic E-state index is -4.01. The standard InChI is InChI=1S/C29H25N7O5S/c1-4-18-12-13-21-23-20(16-41-21)25(36(29(38)22(18)23)19-10-7-6-8-11-19)17(3)32-28(37)24-26(34-42(39,40)31-5-2)33-35-15-9-14-30-27(24)35/h1,6-15,17,31H,5,16H2,2-3H3,(H,32,37)(H,33,34). The van der Waals surface area contributed by atoms with E-state index in [2.05, 4.69) is 30.8 Å². The summed E-state index contributed by atoms with van der Waals surface area (Å²) >= 11 is 0. The van der Waals surface area contributed by atoms with Crippen LogP contribution in [0.25, 0.3) is 22.1 Å². The Balaban J connectivity index is 1.51. The molecule has 1 aliphatic heterocycles. The molecule has 3 N–H and O–H groups in total. The molecule has 1 amide bonds. The number of hydrogen-bond donors (Lipinski definition) is 3. The quantitative estimate of drug-likeness (QED) is 0.238. The van der Waals surface area contributed by atoms with Crippen molar-refractivity contribution in [3.8, 4) is 23.8 Å². The number of hydrogen-bond acceptors (Lipinski definition) is 7. The molecule has 13 heteroatoms. The highest BCUT2D eigenvalue weighted by molar-refractivity contribution is 7.90. The Bertz CT molecular complexity index is 2100. The number of terminal acetylenes is 1. The molecule has 0 saturated carbocycles. The highest BCUT2D eigenvalue weighted by Gasteiger charge is 2.31. The number of aromatic nitrogens is 4. The Hall–Kier alpha value is -5.19. The van der Waals surface area contributed by atoms with Crippen molar-refractivity contribution in [2.24, 2.45) is 0 Å². The number of nitrogens with one attached hydrogen (secondary N) is 3. The van der Waals surface area contributed by atoms with Crippen LogP contribution in [0.5, 0.6) is 5.75 Å². The maximum Gasteiger partial charge on any atom is 0.300 e. The Morgan fingerprint density at radius 3 is 2.69 bits per heavy atom. The van der Waals surface area contributed by atoms with Gasteiger partial charge in [0.25, 0.3) is 21.7 Å². The van der Waals surface area contributed by atoms with Crippen LogP contribution in [0.15, 0.2) is 65.7 Å². The number of fused-ring (bicyclic) bond motifs is 1. The van der Waals surface area contributed by atoms with Gasteiger partial charge in [-0.1, -0.05) is 31.0 Å². The van der Waals surface area contributed by atoms with Crippen LogP contribution in [0.3, 0.4) is 0 Å². The SMILES string of the molecule is C#Cc1ccc2c3c(c(C(C)NC(=O)c4c(NS(=O)(=O)NCC)nn5cccnc45)n(-c4ccccc4)c(=O)c13)CO2. The lowest BCUT2D eigenvalue weighted by Gasteiger charge is -2.23. The third-order valence-electron chi connectivity index (χ3n) is 6.92. The van der Waals surface area contributed by atoms with Gasteiger partial charge >= 0.3 is 0 Å². The molecule has 5 aromatic rings.